The molecule has 0 radical (unpaired) electrons. The summed E-state index contributed by atoms with van der Waals surface area (Å²) in [6.45, 7) is 0. The molecule has 120 valence electrons. The number of hydrogen-bond donors (Lipinski definition) is 1. The highest BCUT2D eigenvalue weighted by molar-refractivity contribution is 7.89. The number of carbonyl (C=O) groups excluding carboxylic acids is 2. The molecule has 0 fully saturated rings. The van der Waals surface area contributed by atoms with Gasteiger partial charge in [0.2, 0.25) is 10.0 Å². The van der Waals surface area contributed by atoms with Crippen LogP contribution in [0.3, 0.4) is 0 Å². The van der Waals surface area contributed by atoms with Crippen molar-refractivity contribution in [2.45, 2.75) is 4.90 Å². The molecular formula is C16H16N2O4S. The van der Waals surface area contributed by atoms with E-state index in [1.807, 2.05) is 0 Å². The number of sulfonamides is 1. The Hall–Kier alpha value is -2.51. The summed E-state index contributed by atoms with van der Waals surface area (Å²) in [5.74, 6) is -0.263. The number of primary sulfonamides is 1. The lowest BCUT2D eigenvalue weighted by atomic mass is 9.98. The Balaban J connectivity index is 2.78. The van der Waals surface area contributed by atoms with Gasteiger partial charge in [0.05, 0.1) is 4.90 Å². The Morgan fingerprint density at radius 2 is 1.74 bits per heavy atom. The van der Waals surface area contributed by atoms with E-state index in [1.165, 1.54) is 23.1 Å². The summed E-state index contributed by atoms with van der Waals surface area (Å²) < 4.78 is 23.8. The van der Waals surface area contributed by atoms with Crippen LogP contribution in [-0.2, 0) is 10.0 Å². The van der Waals surface area contributed by atoms with Crippen LogP contribution >= 0.6 is 0 Å². The van der Waals surface area contributed by atoms with E-state index >= 15 is 0 Å². The molecule has 2 rings (SSSR count). The smallest absolute Gasteiger partial charge is 0.253 e. The van der Waals surface area contributed by atoms with Gasteiger partial charge in [-0.2, -0.15) is 0 Å². The lowest BCUT2D eigenvalue weighted by molar-refractivity contribution is 0.0828. The van der Waals surface area contributed by atoms with E-state index in [1.54, 1.807) is 38.4 Å². The van der Waals surface area contributed by atoms with Crippen molar-refractivity contribution < 1.29 is 18.0 Å². The molecule has 2 aromatic rings. The monoisotopic (exact) mass is 332 g/mol. The Bertz CT molecular complexity index is 873. The van der Waals surface area contributed by atoms with Crippen LogP contribution in [0.1, 0.15) is 20.7 Å². The van der Waals surface area contributed by atoms with Crippen LogP contribution in [0.4, 0.5) is 0 Å². The van der Waals surface area contributed by atoms with Crippen LogP contribution < -0.4 is 5.14 Å². The number of aldehydes is 1. The van der Waals surface area contributed by atoms with Crippen LogP contribution in [0.15, 0.2) is 47.4 Å². The third-order valence-corrected chi connectivity index (χ3v) is 4.25. The first kappa shape index (κ1) is 16.9. The third kappa shape index (κ3) is 3.46. The van der Waals surface area contributed by atoms with Crippen molar-refractivity contribution in [3.05, 3.63) is 53.6 Å². The average molecular weight is 332 g/mol. The summed E-state index contributed by atoms with van der Waals surface area (Å²) in [6, 6.07) is 10.8. The van der Waals surface area contributed by atoms with Gasteiger partial charge >= 0.3 is 0 Å². The summed E-state index contributed by atoms with van der Waals surface area (Å²) in [5, 5.41) is 5.27. The maximum atomic E-state index is 12.3. The molecule has 0 saturated carbocycles. The fourth-order valence-corrected chi connectivity index (χ4v) is 3.00. The van der Waals surface area contributed by atoms with Crippen molar-refractivity contribution in [3.8, 4) is 11.1 Å². The number of nitrogens with zero attached hydrogens (tertiary/aromatic N) is 1. The second kappa shape index (κ2) is 6.31. The Kier molecular flexibility index (Phi) is 4.63. The highest BCUT2D eigenvalue weighted by atomic mass is 32.2. The number of carbonyl (C=O) groups is 2. The zero-order chi connectivity index (χ0) is 17.2. The molecule has 0 unspecified atom stereocenters. The summed E-state index contributed by atoms with van der Waals surface area (Å²) in [5.41, 5.74) is 1.26. The van der Waals surface area contributed by atoms with Crippen molar-refractivity contribution in [1.29, 1.82) is 0 Å². The molecule has 23 heavy (non-hydrogen) atoms. The fourth-order valence-electron chi connectivity index (χ4n) is 2.22. The molecule has 1 amide bonds. The molecule has 0 heterocycles. The van der Waals surface area contributed by atoms with Crippen molar-refractivity contribution in [1.82, 2.24) is 4.90 Å². The normalized spacial score (nSPS) is 11.1. The van der Waals surface area contributed by atoms with E-state index in [0.29, 0.717) is 17.4 Å². The van der Waals surface area contributed by atoms with Gasteiger partial charge in [-0.25, -0.2) is 13.6 Å². The number of nitrogens with two attached hydrogens (primary N) is 1. The third-order valence-electron chi connectivity index (χ3n) is 3.30. The first-order valence-electron chi connectivity index (χ1n) is 6.69. The molecule has 2 N–H and O–H groups in total. The maximum Gasteiger partial charge on any atom is 0.253 e. The molecule has 0 bridgehead atoms. The van der Waals surface area contributed by atoms with Gasteiger partial charge in [-0.1, -0.05) is 30.3 Å². The second-order valence-corrected chi connectivity index (χ2v) is 6.69. The van der Waals surface area contributed by atoms with E-state index in [9.17, 15) is 18.0 Å². The SMILES string of the molecule is CN(C)C(=O)c1ccccc1-c1ccc(C=O)cc1S(N)(=O)=O. The van der Waals surface area contributed by atoms with Crippen LogP contribution in [-0.4, -0.2) is 39.6 Å². The number of benzene rings is 2. The van der Waals surface area contributed by atoms with Crippen molar-refractivity contribution in [3.63, 3.8) is 0 Å². The van der Waals surface area contributed by atoms with Crippen LogP contribution in [0, 0.1) is 0 Å². The van der Waals surface area contributed by atoms with Gasteiger partial charge in [-0.05, 0) is 17.7 Å². The van der Waals surface area contributed by atoms with Crippen LogP contribution in [0.2, 0.25) is 0 Å². The summed E-state index contributed by atoms with van der Waals surface area (Å²) in [6.07, 6.45) is 0.537. The predicted molar refractivity (Wildman–Crippen MR) is 86.7 cm³/mol. The van der Waals surface area contributed by atoms with Gasteiger partial charge < -0.3 is 4.90 Å². The Morgan fingerprint density at radius 3 is 2.30 bits per heavy atom. The minimum Gasteiger partial charge on any atom is -0.345 e. The zero-order valence-electron chi connectivity index (χ0n) is 12.7. The molecule has 0 atom stereocenters. The maximum absolute atomic E-state index is 12.3. The molecule has 0 aliphatic rings. The Morgan fingerprint density at radius 1 is 1.09 bits per heavy atom. The number of amides is 1. The summed E-state index contributed by atoms with van der Waals surface area (Å²) >= 11 is 0. The van der Waals surface area contributed by atoms with Gasteiger partial charge in [-0.15, -0.1) is 0 Å². The molecular weight excluding hydrogens is 316 g/mol. The van der Waals surface area contributed by atoms with Crippen LogP contribution in [0.5, 0.6) is 0 Å². The lowest BCUT2D eigenvalue weighted by Crippen LogP contribution is -2.22. The molecule has 6 nitrogen and oxygen atoms in total. The highest BCUT2D eigenvalue weighted by Gasteiger charge is 2.21. The molecule has 0 aromatic heterocycles. The number of rotatable bonds is 4. The van der Waals surface area contributed by atoms with Gasteiger partial charge in [0.25, 0.3) is 5.91 Å². The predicted octanol–water partition coefficient (Wildman–Crippen LogP) is 1.52. The standard InChI is InChI=1S/C16H16N2O4S/c1-18(2)16(20)14-6-4-3-5-12(14)13-8-7-11(10-19)9-15(13)23(17,21)22/h3-10H,1-2H3,(H2,17,21,22). The van der Waals surface area contributed by atoms with E-state index in [4.69, 9.17) is 5.14 Å². The van der Waals surface area contributed by atoms with E-state index in [2.05, 4.69) is 0 Å². The average Bonchev–Trinajstić information content (AvgIpc) is 2.52. The van der Waals surface area contributed by atoms with Gasteiger partial charge in [0, 0.05) is 30.8 Å². The molecule has 0 aliphatic heterocycles. The quantitative estimate of drug-likeness (QED) is 0.858. The lowest BCUT2D eigenvalue weighted by Gasteiger charge is -2.16. The minimum atomic E-state index is -4.06. The zero-order valence-corrected chi connectivity index (χ0v) is 13.5. The molecule has 0 spiro atoms. The summed E-state index contributed by atoms with van der Waals surface area (Å²) in [7, 11) is -0.848. The van der Waals surface area contributed by atoms with Gasteiger partial charge in [0.15, 0.2) is 0 Å². The largest absolute Gasteiger partial charge is 0.345 e. The second-order valence-electron chi connectivity index (χ2n) is 5.16. The van der Waals surface area contributed by atoms with Gasteiger partial charge in [0.1, 0.15) is 6.29 Å². The first-order chi connectivity index (χ1) is 10.8. The van der Waals surface area contributed by atoms with Crippen molar-refractivity contribution >= 4 is 22.2 Å². The fraction of sp³-hybridized carbons (Fsp3) is 0.125. The van der Waals surface area contributed by atoms with Crippen molar-refractivity contribution in [2.75, 3.05) is 14.1 Å². The topological polar surface area (TPSA) is 97.5 Å². The first-order valence-corrected chi connectivity index (χ1v) is 8.23. The van der Waals surface area contributed by atoms with Crippen LogP contribution in [0.25, 0.3) is 11.1 Å². The Labute approximate surface area is 134 Å². The van der Waals surface area contributed by atoms with E-state index in [-0.39, 0.29) is 21.9 Å². The molecule has 7 heteroatoms. The molecule has 0 aliphatic carbocycles. The summed E-state index contributed by atoms with van der Waals surface area (Å²) in [4.78, 5) is 24.4. The van der Waals surface area contributed by atoms with E-state index in [0.717, 1.165) is 0 Å². The minimum absolute atomic E-state index is 0.189. The number of hydrogen-bond acceptors (Lipinski definition) is 4. The molecule has 0 saturated heterocycles. The molecule has 2 aromatic carbocycles. The van der Waals surface area contributed by atoms with Gasteiger partial charge in [-0.3, -0.25) is 9.59 Å². The highest BCUT2D eigenvalue weighted by Crippen LogP contribution is 2.30. The van der Waals surface area contributed by atoms with Crippen molar-refractivity contribution in [2.24, 2.45) is 5.14 Å². The van der Waals surface area contributed by atoms with E-state index < -0.39 is 10.0 Å².